The highest BCUT2D eigenvalue weighted by Crippen LogP contribution is 2.24. The molecule has 1 aromatic rings. The average Bonchev–Trinajstić information content (AvgIpc) is 2.65. The topological polar surface area (TPSA) is 63.3 Å². The Labute approximate surface area is 148 Å². The molecule has 2 N–H and O–H groups in total. The summed E-state index contributed by atoms with van der Waals surface area (Å²) in [6.07, 6.45) is 0. The van der Waals surface area contributed by atoms with Gasteiger partial charge in [-0.15, -0.1) is 0 Å². The maximum absolute atomic E-state index is 6.18. The molecule has 1 unspecified atom stereocenters. The summed E-state index contributed by atoms with van der Waals surface area (Å²) in [6.45, 7) is 6.97. The third kappa shape index (κ3) is 4.60. The van der Waals surface area contributed by atoms with Crippen molar-refractivity contribution >= 4 is 17.6 Å². The molecular formula is C17H25ClN4O2. The molecule has 0 aliphatic carbocycles. The summed E-state index contributed by atoms with van der Waals surface area (Å²) in [5.74, 6) is 0.602. The quantitative estimate of drug-likeness (QED) is 0.655. The number of aliphatic imine (C=N–C) groups is 1. The summed E-state index contributed by atoms with van der Waals surface area (Å²) >= 11 is 6.03. The minimum absolute atomic E-state index is 0.186. The minimum Gasteiger partial charge on any atom is -0.379 e. The second-order valence-electron chi connectivity index (χ2n) is 6.01. The number of hydrogen-bond donors (Lipinski definition) is 1. The number of hydrogen-bond acceptors (Lipinski definition) is 4. The molecule has 2 heterocycles. The van der Waals surface area contributed by atoms with Gasteiger partial charge in [-0.25, -0.2) is 0 Å². The average molecular weight is 353 g/mol. The molecule has 24 heavy (non-hydrogen) atoms. The first-order chi connectivity index (χ1) is 11.7. The number of ether oxygens (including phenoxy) is 2. The Morgan fingerprint density at radius 3 is 2.25 bits per heavy atom. The Hall–Kier alpha value is -1.34. The van der Waals surface area contributed by atoms with Crippen molar-refractivity contribution < 1.29 is 9.47 Å². The predicted molar refractivity (Wildman–Crippen MR) is 95.5 cm³/mol. The van der Waals surface area contributed by atoms with E-state index in [9.17, 15) is 0 Å². The van der Waals surface area contributed by atoms with E-state index in [1.54, 1.807) is 0 Å². The van der Waals surface area contributed by atoms with E-state index in [0.717, 1.165) is 44.4 Å². The van der Waals surface area contributed by atoms with Crippen LogP contribution in [0.5, 0.6) is 0 Å². The van der Waals surface area contributed by atoms with Crippen LogP contribution < -0.4 is 5.73 Å². The molecular weight excluding hydrogens is 328 g/mol. The van der Waals surface area contributed by atoms with E-state index in [1.807, 2.05) is 12.1 Å². The first-order valence-electron chi connectivity index (χ1n) is 8.44. The SMILES string of the molecule is NC(=NCC(c1ccc(Cl)cc1)N1CCOCC1)N1CCOCC1. The molecule has 0 saturated carbocycles. The normalized spacial score (nSPS) is 21.7. The van der Waals surface area contributed by atoms with Crippen molar-refractivity contribution in [1.29, 1.82) is 0 Å². The molecule has 6 nitrogen and oxygen atoms in total. The van der Waals surface area contributed by atoms with Gasteiger partial charge in [0.2, 0.25) is 0 Å². The van der Waals surface area contributed by atoms with Gasteiger partial charge in [0.15, 0.2) is 5.96 Å². The van der Waals surface area contributed by atoms with Crippen LogP contribution in [0.15, 0.2) is 29.3 Å². The lowest BCUT2D eigenvalue weighted by Gasteiger charge is -2.34. The monoisotopic (exact) mass is 352 g/mol. The van der Waals surface area contributed by atoms with Gasteiger partial charge in [-0.05, 0) is 17.7 Å². The molecule has 2 aliphatic rings. The van der Waals surface area contributed by atoms with Crippen LogP contribution in [0, 0.1) is 0 Å². The maximum atomic E-state index is 6.18. The van der Waals surface area contributed by atoms with Crippen LogP contribution in [0.2, 0.25) is 5.02 Å². The van der Waals surface area contributed by atoms with Crippen molar-refractivity contribution in [2.45, 2.75) is 6.04 Å². The Balaban J connectivity index is 1.72. The number of benzene rings is 1. The van der Waals surface area contributed by atoms with Crippen LogP contribution in [0.25, 0.3) is 0 Å². The molecule has 132 valence electrons. The van der Waals surface area contributed by atoms with Gasteiger partial charge in [0.1, 0.15) is 0 Å². The zero-order chi connectivity index (χ0) is 16.8. The summed E-state index contributed by atoms with van der Waals surface area (Å²) in [4.78, 5) is 9.16. The third-order valence-electron chi connectivity index (χ3n) is 4.50. The predicted octanol–water partition coefficient (Wildman–Crippen LogP) is 1.36. The van der Waals surface area contributed by atoms with Crippen molar-refractivity contribution in [2.24, 2.45) is 10.7 Å². The van der Waals surface area contributed by atoms with Gasteiger partial charge in [-0.1, -0.05) is 23.7 Å². The van der Waals surface area contributed by atoms with Gasteiger partial charge < -0.3 is 20.1 Å². The fourth-order valence-electron chi connectivity index (χ4n) is 3.08. The lowest BCUT2D eigenvalue weighted by molar-refractivity contribution is 0.0178. The van der Waals surface area contributed by atoms with E-state index in [2.05, 4.69) is 26.9 Å². The zero-order valence-electron chi connectivity index (χ0n) is 13.9. The van der Waals surface area contributed by atoms with Crippen LogP contribution in [0.3, 0.4) is 0 Å². The van der Waals surface area contributed by atoms with Gasteiger partial charge >= 0.3 is 0 Å². The minimum atomic E-state index is 0.186. The van der Waals surface area contributed by atoms with Gasteiger partial charge in [-0.2, -0.15) is 0 Å². The van der Waals surface area contributed by atoms with E-state index in [-0.39, 0.29) is 6.04 Å². The highest BCUT2D eigenvalue weighted by Gasteiger charge is 2.23. The summed E-state index contributed by atoms with van der Waals surface area (Å²) in [5, 5.41) is 0.746. The van der Waals surface area contributed by atoms with Crippen LogP contribution >= 0.6 is 11.6 Å². The molecule has 3 rings (SSSR count). The van der Waals surface area contributed by atoms with Crippen LogP contribution in [0.1, 0.15) is 11.6 Å². The van der Waals surface area contributed by atoms with E-state index in [4.69, 9.17) is 26.8 Å². The van der Waals surface area contributed by atoms with Gasteiger partial charge in [0, 0.05) is 31.2 Å². The largest absolute Gasteiger partial charge is 0.379 e. The first kappa shape index (κ1) is 17.5. The standard InChI is InChI=1S/C17H25ClN4O2/c18-15-3-1-14(2-4-15)16(21-5-9-23-10-6-21)13-20-17(19)22-7-11-24-12-8-22/h1-4,16H,5-13H2,(H2,19,20). The van der Waals surface area contributed by atoms with E-state index in [0.29, 0.717) is 25.7 Å². The van der Waals surface area contributed by atoms with Gasteiger partial charge in [0.05, 0.1) is 39.0 Å². The Bertz CT molecular complexity index is 540. The zero-order valence-corrected chi connectivity index (χ0v) is 14.6. The Kier molecular flexibility index (Phi) is 6.31. The van der Waals surface area contributed by atoms with Crippen molar-refractivity contribution in [1.82, 2.24) is 9.80 Å². The number of morpholine rings is 2. The molecule has 2 aliphatic heterocycles. The van der Waals surface area contributed by atoms with Crippen molar-refractivity contribution in [3.8, 4) is 0 Å². The molecule has 0 amide bonds. The second kappa shape index (κ2) is 8.67. The molecule has 1 atom stereocenters. The molecule has 0 aromatic heterocycles. The fraction of sp³-hybridized carbons (Fsp3) is 0.588. The van der Waals surface area contributed by atoms with E-state index >= 15 is 0 Å². The maximum Gasteiger partial charge on any atom is 0.191 e. The Morgan fingerprint density at radius 1 is 1.04 bits per heavy atom. The van der Waals surface area contributed by atoms with Crippen LogP contribution in [-0.2, 0) is 9.47 Å². The second-order valence-corrected chi connectivity index (χ2v) is 6.45. The van der Waals surface area contributed by atoms with Crippen molar-refractivity contribution in [2.75, 3.05) is 59.2 Å². The van der Waals surface area contributed by atoms with Crippen LogP contribution in [-0.4, -0.2) is 74.9 Å². The molecule has 0 spiro atoms. The van der Waals surface area contributed by atoms with Crippen LogP contribution in [0.4, 0.5) is 0 Å². The number of guanidine groups is 1. The van der Waals surface area contributed by atoms with Gasteiger partial charge in [0.25, 0.3) is 0 Å². The first-order valence-corrected chi connectivity index (χ1v) is 8.82. The summed E-state index contributed by atoms with van der Waals surface area (Å²) < 4.78 is 10.8. The number of halogens is 1. The fourth-order valence-corrected chi connectivity index (χ4v) is 3.20. The lowest BCUT2D eigenvalue weighted by atomic mass is 10.0. The molecule has 7 heteroatoms. The third-order valence-corrected chi connectivity index (χ3v) is 4.75. The van der Waals surface area contributed by atoms with Crippen molar-refractivity contribution in [3.63, 3.8) is 0 Å². The molecule has 0 radical (unpaired) electrons. The summed E-state index contributed by atoms with van der Waals surface area (Å²) in [6, 6.07) is 8.19. The molecule has 1 aromatic carbocycles. The number of nitrogens with two attached hydrogens (primary N) is 1. The van der Waals surface area contributed by atoms with Gasteiger partial charge in [-0.3, -0.25) is 9.89 Å². The summed E-state index contributed by atoms with van der Waals surface area (Å²) in [5.41, 5.74) is 7.39. The smallest absolute Gasteiger partial charge is 0.191 e. The number of nitrogens with zero attached hydrogens (tertiary/aromatic N) is 3. The number of rotatable bonds is 4. The van der Waals surface area contributed by atoms with E-state index < -0.39 is 0 Å². The molecule has 2 saturated heterocycles. The summed E-state index contributed by atoms with van der Waals surface area (Å²) in [7, 11) is 0. The Morgan fingerprint density at radius 2 is 1.62 bits per heavy atom. The highest BCUT2D eigenvalue weighted by atomic mass is 35.5. The van der Waals surface area contributed by atoms with E-state index in [1.165, 1.54) is 5.56 Å². The van der Waals surface area contributed by atoms with Crippen molar-refractivity contribution in [3.05, 3.63) is 34.9 Å². The molecule has 2 fully saturated rings. The highest BCUT2D eigenvalue weighted by molar-refractivity contribution is 6.30. The lowest BCUT2D eigenvalue weighted by Crippen LogP contribution is -2.45. The molecule has 0 bridgehead atoms.